The van der Waals surface area contributed by atoms with E-state index in [1.165, 1.54) is 6.42 Å². The molecule has 0 aliphatic rings. The van der Waals surface area contributed by atoms with Gasteiger partial charge in [-0.05, 0) is 18.7 Å². The van der Waals surface area contributed by atoms with Gasteiger partial charge in [-0.3, -0.25) is 4.99 Å². The van der Waals surface area contributed by atoms with Crippen LogP contribution < -0.4 is 5.73 Å². The molecule has 0 spiro atoms. The third-order valence-corrected chi connectivity index (χ3v) is 1.71. The summed E-state index contributed by atoms with van der Waals surface area (Å²) in [7, 11) is 0. The van der Waals surface area contributed by atoms with Crippen LogP contribution >= 0.6 is 0 Å². The maximum atomic E-state index is 5.80. The minimum Gasteiger partial charge on any atom is -0.324 e. The van der Waals surface area contributed by atoms with Crippen molar-refractivity contribution in [2.75, 3.05) is 6.54 Å². The van der Waals surface area contributed by atoms with Crippen LogP contribution in [0.1, 0.15) is 26.2 Å². The molecule has 2 N–H and O–H groups in total. The lowest BCUT2D eigenvalue weighted by Gasteiger charge is -2.11. The Balaban J connectivity index is 3.54. The van der Waals surface area contributed by atoms with Crippen LogP contribution in [0.4, 0.5) is 0 Å². The van der Waals surface area contributed by atoms with Gasteiger partial charge in [-0.25, -0.2) is 0 Å². The molecule has 0 bridgehead atoms. The first-order valence-electron chi connectivity index (χ1n) is 4.08. The lowest BCUT2D eigenvalue weighted by molar-refractivity contribution is 0.628. The van der Waals surface area contributed by atoms with E-state index in [1.54, 1.807) is 0 Å². The first kappa shape index (κ1) is 10.4. The summed E-state index contributed by atoms with van der Waals surface area (Å²) < 4.78 is 0. The zero-order valence-electron chi connectivity index (χ0n) is 7.34. The van der Waals surface area contributed by atoms with Gasteiger partial charge in [-0.15, -0.1) is 0 Å². The molecule has 0 aromatic carbocycles. The normalized spacial score (nSPS) is 12.5. The van der Waals surface area contributed by atoms with Crippen molar-refractivity contribution in [1.82, 2.24) is 0 Å². The molecule has 1 unspecified atom stereocenters. The molecule has 0 aromatic rings. The number of nitrogens with zero attached hydrogens (tertiary/aromatic N) is 1. The van der Waals surface area contributed by atoms with Gasteiger partial charge in [0.05, 0.1) is 6.54 Å². The van der Waals surface area contributed by atoms with Crippen molar-refractivity contribution in [2.45, 2.75) is 32.2 Å². The topological polar surface area (TPSA) is 38.4 Å². The minimum atomic E-state index is 0.112. The van der Waals surface area contributed by atoms with Gasteiger partial charge in [0.15, 0.2) is 0 Å². The highest BCUT2D eigenvalue weighted by molar-refractivity contribution is 5.25. The highest BCUT2D eigenvalue weighted by atomic mass is 14.7. The Morgan fingerprint density at radius 2 is 2.27 bits per heavy atom. The number of hydrogen-bond donors (Lipinski definition) is 1. The Kier molecular flexibility index (Phi) is 5.75. The maximum Gasteiger partial charge on any atom is 0.0604 e. The first-order valence-corrected chi connectivity index (χ1v) is 4.08. The number of aliphatic imine (C=N–C) groups is 1. The molecule has 11 heavy (non-hydrogen) atoms. The van der Waals surface area contributed by atoms with Crippen LogP contribution in [0.25, 0.3) is 0 Å². The molecule has 0 fully saturated rings. The Bertz CT molecular complexity index is 130. The summed E-state index contributed by atoms with van der Waals surface area (Å²) in [6.07, 6.45) is 3.37. The fourth-order valence-electron chi connectivity index (χ4n) is 0.889. The van der Waals surface area contributed by atoms with Gasteiger partial charge < -0.3 is 5.73 Å². The lowest BCUT2D eigenvalue weighted by atomic mass is 10.0. The van der Waals surface area contributed by atoms with Gasteiger partial charge in [0.2, 0.25) is 0 Å². The van der Waals surface area contributed by atoms with E-state index in [9.17, 15) is 0 Å². The summed E-state index contributed by atoms with van der Waals surface area (Å²) in [5.74, 6) is 0. The van der Waals surface area contributed by atoms with Crippen molar-refractivity contribution in [3.05, 3.63) is 12.2 Å². The Morgan fingerprint density at radius 1 is 1.64 bits per heavy atom. The molecule has 0 radical (unpaired) electrons. The SMILES string of the molecule is C=NCC(=C)C(N)CCCC. The summed E-state index contributed by atoms with van der Waals surface area (Å²) in [6.45, 7) is 9.99. The smallest absolute Gasteiger partial charge is 0.0604 e. The van der Waals surface area contributed by atoms with Crippen LogP contribution in [0.2, 0.25) is 0 Å². The number of nitrogens with two attached hydrogens (primary N) is 1. The van der Waals surface area contributed by atoms with Crippen LogP contribution in [0.3, 0.4) is 0 Å². The standard InChI is InChI=1S/C9H18N2/c1-4-5-6-9(10)8(2)7-11-3/h9H,2-7,10H2,1H3. The van der Waals surface area contributed by atoms with E-state index >= 15 is 0 Å². The average Bonchev–Trinajstić information content (AvgIpc) is 2.00. The van der Waals surface area contributed by atoms with Gasteiger partial charge in [-0.2, -0.15) is 0 Å². The van der Waals surface area contributed by atoms with Crippen molar-refractivity contribution in [3.63, 3.8) is 0 Å². The van der Waals surface area contributed by atoms with Crippen molar-refractivity contribution in [2.24, 2.45) is 10.7 Å². The van der Waals surface area contributed by atoms with Crippen molar-refractivity contribution < 1.29 is 0 Å². The lowest BCUT2D eigenvalue weighted by Crippen LogP contribution is -2.23. The molecular weight excluding hydrogens is 136 g/mol. The molecular formula is C9H18N2. The van der Waals surface area contributed by atoms with Crippen LogP contribution in [-0.2, 0) is 0 Å². The monoisotopic (exact) mass is 154 g/mol. The van der Waals surface area contributed by atoms with Gasteiger partial charge in [-0.1, -0.05) is 26.3 Å². The van der Waals surface area contributed by atoms with E-state index in [4.69, 9.17) is 5.73 Å². The van der Waals surface area contributed by atoms with Crippen LogP contribution in [0.15, 0.2) is 17.1 Å². The molecule has 0 aliphatic carbocycles. The van der Waals surface area contributed by atoms with E-state index in [2.05, 4.69) is 25.2 Å². The van der Waals surface area contributed by atoms with Crippen LogP contribution in [0, 0.1) is 0 Å². The minimum absolute atomic E-state index is 0.112. The van der Waals surface area contributed by atoms with Crippen molar-refractivity contribution in [3.8, 4) is 0 Å². The second kappa shape index (κ2) is 6.10. The molecule has 64 valence electrons. The predicted molar refractivity (Wildman–Crippen MR) is 51.1 cm³/mol. The quantitative estimate of drug-likeness (QED) is 0.459. The van der Waals surface area contributed by atoms with Gasteiger partial charge in [0.1, 0.15) is 0 Å². The molecule has 0 saturated carbocycles. The van der Waals surface area contributed by atoms with E-state index in [0.717, 1.165) is 18.4 Å². The van der Waals surface area contributed by atoms with E-state index in [0.29, 0.717) is 6.54 Å². The molecule has 2 nitrogen and oxygen atoms in total. The summed E-state index contributed by atoms with van der Waals surface area (Å²) in [5, 5.41) is 0. The molecule has 0 heterocycles. The van der Waals surface area contributed by atoms with Crippen molar-refractivity contribution in [1.29, 1.82) is 0 Å². The number of hydrogen-bond acceptors (Lipinski definition) is 2. The number of unbranched alkanes of at least 4 members (excludes halogenated alkanes) is 1. The molecule has 0 amide bonds. The third-order valence-electron chi connectivity index (χ3n) is 1.71. The van der Waals surface area contributed by atoms with Gasteiger partial charge in [0, 0.05) is 6.04 Å². The Labute approximate surface area is 69.2 Å². The molecule has 0 rings (SSSR count). The third kappa shape index (κ3) is 4.73. The number of rotatable bonds is 6. The maximum absolute atomic E-state index is 5.80. The molecule has 0 aromatic heterocycles. The molecule has 2 heteroatoms. The van der Waals surface area contributed by atoms with Crippen LogP contribution in [0.5, 0.6) is 0 Å². The Hall–Kier alpha value is -0.630. The van der Waals surface area contributed by atoms with Crippen LogP contribution in [-0.4, -0.2) is 19.3 Å². The van der Waals surface area contributed by atoms with Gasteiger partial charge >= 0.3 is 0 Å². The van der Waals surface area contributed by atoms with Gasteiger partial charge in [0.25, 0.3) is 0 Å². The average molecular weight is 154 g/mol. The highest BCUT2D eigenvalue weighted by Gasteiger charge is 2.04. The summed E-state index contributed by atoms with van der Waals surface area (Å²) in [5.41, 5.74) is 6.80. The van der Waals surface area contributed by atoms with E-state index in [-0.39, 0.29) is 6.04 Å². The fraction of sp³-hybridized carbons (Fsp3) is 0.667. The summed E-state index contributed by atoms with van der Waals surface area (Å²) in [6, 6.07) is 0.112. The second-order valence-corrected chi connectivity index (χ2v) is 2.79. The predicted octanol–water partition coefficient (Wildman–Crippen LogP) is 1.76. The fourth-order valence-corrected chi connectivity index (χ4v) is 0.889. The zero-order valence-corrected chi connectivity index (χ0v) is 7.34. The van der Waals surface area contributed by atoms with E-state index < -0.39 is 0 Å². The summed E-state index contributed by atoms with van der Waals surface area (Å²) in [4.78, 5) is 3.74. The first-order chi connectivity index (χ1) is 5.22. The van der Waals surface area contributed by atoms with E-state index in [1.807, 2.05) is 0 Å². The zero-order chi connectivity index (χ0) is 8.69. The Morgan fingerprint density at radius 3 is 2.73 bits per heavy atom. The largest absolute Gasteiger partial charge is 0.324 e. The molecule has 0 saturated heterocycles. The summed E-state index contributed by atoms with van der Waals surface area (Å²) >= 11 is 0. The van der Waals surface area contributed by atoms with Crippen molar-refractivity contribution >= 4 is 6.72 Å². The highest BCUT2D eigenvalue weighted by Crippen LogP contribution is 2.05. The second-order valence-electron chi connectivity index (χ2n) is 2.79. The molecule has 1 atom stereocenters. The molecule has 0 aliphatic heterocycles.